The molecule has 1 heterocycles. The number of rotatable bonds is 10. The first-order chi connectivity index (χ1) is 14.5. The Morgan fingerprint density at radius 2 is 1.90 bits per heavy atom. The van der Waals surface area contributed by atoms with Gasteiger partial charge in [-0.1, -0.05) is 108 Å². The number of unbranched alkanes of at least 4 members (excludes halogenated alkanes) is 2. The molecule has 0 aliphatic carbocycles. The maximum atomic E-state index is 13.7. The Bertz CT molecular complexity index is 733. The Hall–Kier alpha value is -0.693. The van der Waals surface area contributed by atoms with Gasteiger partial charge in [-0.15, -0.1) is 0 Å². The summed E-state index contributed by atoms with van der Waals surface area (Å²) in [6, 6.07) is 10.5. The number of carbonyl (C=O) groups excluding carboxylic acids is 1. The van der Waals surface area contributed by atoms with Crippen molar-refractivity contribution in [2.24, 2.45) is 5.92 Å². The second-order valence-electron chi connectivity index (χ2n) is 10.3. The standard InChI is InChI=1S/C25H41NO2S2Si/c1-8-9-11-16-22(28-31(6,7)25(3,4)5)19(2)23(27)26-21(18-30-24(26)29)17-20-14-12-10-13-15-20/h10,12-15,19,21-22H,8-9,11,16-18H2,1-7H3/t19-,21-,22+/m0/s1. The van der Waals surface area contributed by atoms with Gasteiger partial charge in [-0.3, -0.25) is 9.69 Å². The molecule has 0 spiro atoms. The normalized spacial score (nSPS) is 19.5. The van der Waals surface area contributed by atoms with Crippen LogP contribution in [0, 0.1) is 5.92 Å². The molecule has 174 valence electrons. The third kappa shape index (κ3) is 7.14. The highest BCUT2D eigenvalue weighted by Gasteiger charge is 2.43. The lowest BCUT2D eigenvalue weighted by Gasteiger charge is -2.41. The highest BCUT2D eigenvalue weighted by atomic mass is 32.2. The molecule has 1 amide bonds. The third-order valence-corrected chi connectivity index (χ3v) is 12.9. The summed E-state index contributed by atoms with van der Waals surface area (Å²) >= 11 is 7.26. The molecule has 2 rings (SSSR count). The summed E-state index contributed by atoms with van der Waals surface area (Å²) in [6.45, 7) is 15.6. The van der Waals surface area contributed by atoms with Gasteiger partial charge in [0.25, 0.3) is 0 Å². The molecule has 0 bridgehead atoms. The maximum Gasteiger partial charge on any atom is 0.233 e. The smallest absolute Gasteiger partial charge is 0.233 e. The summed E-state index contributed by atoms with van der Waals surface area (Å²) in [5, 5.41) is 0.118. The van der Waals surface area contributed by atoms with Crippen LogP contribution >= 0.6 is 24.0 Å². The van der Waals surface area contributed by atoms with E-state index in [1.54, 1.807) is 11.8 Å². The van der Waals surface area contributed by atoms with Gasteiger partial charge in [0.1, 0.15) is 4.32 Å². The lowest BCUT2D eigenvalue weighted by molar-refractivity contribution is -0.135. The van der Waals surface area contributed by atoms with Gasteiger partial charge in [0.15, 0.2) is 8.32 Å². The number of amides is 1. The first-order valence-corrected chi connectivity index (χ1v) is 16.0. The molecule has 31 heavy (non-hydrogen) atoms. The quantitative estimate of drug-likeness (QED) is 0.204. The van der Waals surface area contributed by atoms with Crippen molar-refractivity contribution >= 4 is 42.5 Å². The summed E-state index contributed by atoms with van der Waals surface area (Å²) in [4.78, 5) is 15.6. The zero-order chi connectivity index (χ0) is 23.2. The van der Waals surface area contributed by atoms with E-state index in [9.17, 15) is 4.79 Å². The molecule has 0 aromatic heterocycles. The molecule has 1 fully saturated rings. The van der Waals surface area contributed by atoms with Crippen molar-refractivity contribution in [3.63, 3.8) is 0 Å². The Morgan fingerprint density at radius 3 is 2.48 bits per heavy atom. The highest BCUT2D eigenvalue weighted by molar-refractivity contribution is 8.23. The Balaban J connectivity index is 2.19. The van der Waals surface area contributed by atoms with Crippen molar-refractivity contribution in [3.05, 3.63) is 35.9 Å². The lowest BCUT2D eigenvalue weighted by atomic mass is 9.96. The van der Waals surface area contributed by atoms with Gasteiger partial charge in [-0.05, 0) is 36.5 Å². The van der Waals surface area contributed by atoms with E-state index in [-0.39, 0.29) is 29.0 Å². The minimum absolute atomic E-state index is 0.0503. The first kappa shape index (κ1) is 26.6. The van der Waals surface area contributed by atoms with Gasteiger partial charge >= 0.3 is 0 Å². The van der Waals surface area contributed by atoms with Crippen LogP contribution in [-0.2, 0) is 15.6 Å². The van der Waals surface area contributed by atoms with Crippen LogP contribution in [0.5, 0.6) is 0 Å². The van der Waals surface area contributed by atoms with Crippen LogP contribution in [0.25, 0.3) is 0 Å². The summed E-state index contributed by atoms with van der Waals surface area (Å²) in [5.74, 6) is 0.813. The molecule has 1 aromatic rings. The average molecular weight is 480 g/mol. The Morgan fingerprint density at radius 1 is 1.26 bits per heavy atom. The summed E-state index contributed by atoms with van der Waals surface area (Å²) in [6.07, 6.45) is 5.17. The van der Waals surface area contributed by atoms with Crippen LogP contribution in [0.3, 0.4) is 0 Å². The molecule has 0 saturated carbocycles. The fourth-order valence-electron chi connectivity index (χ4n) is 3.71. The van der Waals surface area contributed by atoms with E-state index in [0.717, 1.165) is 29.3 Å². The predicted octanol–water partition coefficient (Wildman–Crippen LogP) is 7.06. The van der Waals surface area contributed by atoms with E-state index in [1.807, 2.05) is 11.0 Å². The van der Waals surface area contributed by atoms with Crippen LogP contribution in [0.1, 0.15) is 65.9 Å². The molecule has 1 saturated heterocycles. The van der Waals surface area contributed by atoms with Crippen LogP contribution in [-0.4, -0.2) is 41.3 Å². The van der Waals surface area contributed by atoms with Gasteiger partial charge in [-0.2, -0.15) is 0 Å². The van der Waals surface area contributed by atoms with Gasteiger partial charge in [-0.25, -0.2) is 0 Å². The van der Waals surface area contributed by atoms with Crippen molar-refractivity contribution in [3.8, 4) is 0 Å². The molecule has 3 atom stereocenters. The van der Waals surface area contributed by atoms with Crippen LogP contribution < -0.4 is 0 Å². The molecule has 0 unspecified atom stereocenters. The van der Waals surface area contributed by atoms with Crippen LogP contribution in [0.4, 0.5) is 0 Å². The topological polar surface area (TPSA) is 29.5 Å². The lowest BCUT2D eigenvalue weighted by Crippen LogP contribution is -2.50. The summed E-state index contributed by atoms with van der Waals surface area (Å²) in [7, 11) is -1.98. The molecule has 3 nitrogen and oxygen atoms in total. The SMILES string of the molecule is CCCCC[C@@H](O[Si](C)(C)C(C)(C)C)[C@H](C)C(=O)N1C(=S)SC[C@@H]1Cc1ccccc1. The van der Waals surface area contributed by atoms with E-state index >= 15 is 0 Å². The molecule has 0 N–H and O–H groups in total. The van der Waals surface area contributed by atoms with Crippen LogP contribution in [0.2, 0.25) is 18.1 Å². The average Bonchev–Trinajstić information content (AvgIpc) is 3.06. The summed E-state index contributed by atoms with van der Waals surface area (Å²) in [5.41, 5.74) is 1.25. The molecule has 1 aromatic carbocycles. The number of nitrogens with zero attached hydrogens (tertiary/aromatic N) is 1. The number of thioether (sulfide) groups is 1. The van der Waals surface area contributed by atoms with E-state index in [1.165, 1.54) is 18.4 Å². The third-order valence-electron chi connectivity index (χ3n) is 6.80. The highest BCUT2D eigenvalue weighted by Crippen LogP contribution is 2.39. The fourth-order valence-corrected chi connectivity index (χ4v) is 6.56. The number of hydrogen-bond donors (Lipinski definition) is 0. The van der Waals surface area contributed by atoms with Crippen molar-refractivity contribution in [1.82, 2.24) is 4.90 Å². The number of benzene rings is 1. The van der Waals surface area contributed by atoms with Crippen molar-refractivity contribution < 1.29 is 9.22 Å². The largest absolute Gasteiger partial charge is 0.413 e. The molecule has 6 heteroatoms. The van der Waals surface area contributed by atoms with E-state index in [0.29, 0.717) is 0 Å². The van der Waals surface area contributed by atoms with E-state index in [2.05, 4.69) is 72.0 Å². The molecular weight excluding hydrogens is 439 g/mol. The zero-order valence-electron chi connectivity index (χ0n) is 20.4. The van der Waals surface area contributed by atoms with E-state index in [4.69, 9.17) is 16.6 Å². The van der Waals surface area contributed by atoms with Gasteiger partial charge in [0, 0.05) is 5.75 Å². The van der Waals surface area contributed by atoms with Gasteiger partial charge in [0.05, 0.1) is 18.1 Å². The van der Waals surface area contributed by atoms with Gasteiger partial charge < -0.3 is 4.43 Å². The zero-order valence-corrected chi connectivity index (χ0v) is 23.1. The number of carbonyl (C=O) groups is 1. The molecule has 1 aliphatic heterocycles. The molecular formula is C25H41NO2S2Si. The van der Waals surface area contributed by atoms with Crippen molar-refractivity contribution in [2.45, 2.75) is 97.0 Å². The summed E-state index contributed by atoms with van der Waals surface area (Å²) < 4.78 is 7.54. The Kier molecular flexibility index (Phi) is 9.80. The number of hydrogen-bond acceptors (Lipinski definition) is 4. The minimum atomic E-state index is -1.98. The van der Waals surface area contributed by atoms with E-state index < -0.39 is 8.32 Å². The second-order valence-corrected chi connectivity index (χ2v) is 16.7. The second kappa shape index (κ2) is 11.4. The fraction of sp³-hybridized carbons (Fsp3) is 0.680. The minimum Gasteiger partial charge on any atom is -0.413 e. The molecule has 1 aliphatic rings. The first-order valence-electron chi connectivity index (χ1n) is 11.7. The van der Waals surface area contributed by atoms with Gasteiger partial charge in [0.2, 0.25) is 5.91 Å². The van der Waals surface area contributed by atoms with Crippen molar-refractivity contribution in [1.29, 1.82) is 0 Å². The van der Waals surface area contributed by atoms with Crippen LogP contribution in [0.15, 0.2) is 30.3 Å². The number of thiocarbonyl (C=S) groups is 1. The maximum absolute atomic E-state index is 13.7. The molecule has 0 radical (unpaired) electrons. The van der Waals surface area contributed by atoms with Crippen molar-refractivity contribution in [2.75, 3.05) is 5.75 Å². The predicted molar refractivity (Wildman–Crippen MR) is 141 cm³/mol. The monoisotopic (exact) mass is 479 g/mol. The Labute approximate surface area is 200 Å².